The Morgan fingerprint density at radius 1 is 1.18 bits per heavy atom. The highest BCUT2D eigenvalue weighted by molar-refractivity contribution is 5.93. The molecule has 2 aromatic rings. The Hall–Kier alpha value is -2.89. The van der Waals surface area contributed by atoms with Gasteiger partial charge in [-0.05, 0) is 25.1 Å². The number of nitrogens with zero attached hydrogens (tertiary/aromatic N) is 1. The van der Waals surface area contributed by atoms with Crippen LogP contribution in [0.2, 0.25) is 0 Å². The fraction of sp³-hybridized carbons (Fsp3) is 0.188. The minimum atomic E-state index is -0.529. The largest absolute Gasteiger partial charge is 0.493 e. The number of nitro benzene ring substituents is 1. The van der Waals surface area contributed by atoms with Crippen molar-refractivity contribution in [2.45, 2.75) is 13.3 Å². The number of nitro groups is 1. The van der Waals surface area contributed by atoms with Gasteiger partial charge in [0.15, 0.2) is 0 Å². The highest BCUT2D eigenvalue weighted by Gasteiger charge is 2.14. The summed E-state index contributed by atoms with van der Waals surface area (Å²) < 4.78 is 5.45. The van der Waals surface area contributed by atoms with Gasteiger partial charge in [-0.2, -0.15) is 0 Å². The number of hydrogen-bond acceptors (Lipinski definition) is 4. The van der Waals surface area contributed by atoms with E-state index in [1.165, 1.54) is 12.1 Å². The van der Waals surface area contributed by atoms with Crippen LogP contribution in [0.25, 0.3) is 0 Å². The van der Waals surface area contributed by atoms with Gasteiger partial charge in [0, 0.05) is 6.07 Å². The lowest BCUT2D eigenvalue weighted by Crippen LogP contribution is -2.16. The second-order valence-electron chi connectivity index (χ2n) is 4.73. The maximum atomic E-state index is 11.8. The number of anilines is 1. The zero-order valence-corrected chi connectivity index (χ0v) is 12.1. The number of carbonyl (C=O) groups is 1. The Morgan fingerprint density at radius 3 is 2.55 bits per heavy atom. The minimum absolute atomic E-state index is 0.111. The van der Waals surface area contributed by atoms with Crippen LogP contribution in [0.3, 0.4) is 0 Å². The molecule has 6 nitrogen and oxygen atoms in total. The summed E-state index contributed by atoms with van der Waals surface area (Å²) >= 11 is 0. The van der Waals surface area contributed by atoms with Gasteiger partial charge in [0.05, 0.1) is 18.0 Å². The summed E-state index contributed by atoms with van der Waals surface area (Å²) in [5.74, 6) is 0.352. The first-order valence-corrected chi connectivity index (χ1v) is 6.79. The maximum absolute atomic E-state index is 11.8. The molecular formula is C16H16N2O4. The van der Waals surface area contributed by atoms with Crippen LogP contribution in [0.1, 0.15) is 12.0 Å². The Balaban J connectivity index is 1.86. The molecule has 0 aliphatic carbocycles. The summed E-state index contributed by atoms with van der Waals surface area (Å²) in [6, 6.07) is 13.5. The average Bonchev–Trinajstić information content (AvgIpc) is 2.49. The van der Waals surface area contributed by atoms with Crippen molar-refractivity contribution in [2.75, 3.05) is 11.9 Å². The van der Waals surface area contributed by atoms with Gasteiger partial charge in [0.1, 0.15) is 11.4 Å². The molecular weight excluding hydrogens is 284 g/mol. The number of aryl methyl sites for hydroxylation is 1. The lowest BCUT2D eigenvalue weighted by atomic mass is 10.2. The number of para-hydroxylation sites is 2. The molecule has 114 valence electrons. The molecule has 0 atom stereocenters. The zero-order valence-electron chi connectivity index (χ0n) is 12.1. The van der Waals surface area contributed by atoms with Crippen LogP contribution in [0.4, 0.5) is 11.4 Å². The Bertz CT molecular complexity index is 668. The van der Waals surface area contributed by atoms with Crippen molar-refractivity contribution in [3.05, 3.63) is 64.2 Å². The molecule has 0 fully saturated rings. The second kappa shape index (κ2) is 7.21. The molecule has 0 unspecified atom stereocenters. The van der Waals surface area contributed by atoms with E-state index >= 15 is 0 Å². The van der Waals surface area contributed by atoms with E-state index in [9.17, 15) is 14.9 Å². The van der Waals surface area contributed by atoms with E-state index in [1.807, 2.05) is 31.2 Å². The van der Waals surface area contributed by atoms with Crippen molar-refractivity contribution in [1.29, 1.82) is 0 Å². The minimum Gasteiger partial charge on any atom is -0.493 e. The zero-order chi connectivity index (χ0) is 15.9. The summed E-state index contributed by atoms with van der Waals surface area (Å²) in [6.45, 7) is 2.18. The highest BCUT2D eigenvalue weighted by atomic mass is 16.6. The number of benzene rings is 2. The van der Waals surface area contributed by atoms with Crippen LogP contribution in [0.5, 0.6) is 5.75 Å². The number of nitrogens with one attached hydrogen (secondary N) is 1. The molecule has 0 spiro atoms. The van der Waals surface area contributed by atoms with Gasteiger partial charge >= 0.3 is 0 Å². The van der Waals surface area contributed by atoms with E-state index in [-0.39, 0.29) is 30.3 Å². The standard InChI is InChI=1S/C16H16N2O4/c1-12-6-8-13(9-7-12)22-11-10-16(19)17-14-4-2-3-5-15(14)18(20)21/h2-9H,10-11H2,1H3,(H,17,19). The Morgan fingerprint density at radius 2 is 1.86 bits per heavy atom. The van der Waals surface area contributed by atoms with E-state index in [1.54, 1.807) is 12.1 Å². The number of amides is 1. The van der Waals surface area contributed by atoms with E-state index in [0.717, 1.165) is 5.56 Å². The molecule has 1 amide bonds. The lowest BCUT2D eigenvalue weighted by molar-refractivity contribution is -0.383. The summed E-state index contributed by atoms with van der Waals surface area (Å²) in [5.41, 5.74) is 1.18. The van der Waals surface area contributed by atoms with Gasteiger partial charge in [-0.1, -0.05) is 29.8 Å². The fourth-order valence-corrected chi connectivity index (χ4v) is 1.85. The third-order valence-corrected chi connectivity index (χ3v) is 2.99. The summed E-state index contributed by atoms with van der Waals surface area (Å²) in [6.07, 6.45) is 0.111. The normalized spacial score (nSPS) is 10.0. The van der Waals surface area contributed by atoms with Crippen molar-refractivity contribution < 1.29 is 14.5 Å². The van der Waals surface area contributed by atoms with Gasteiger partial charge in [-0.25, -0.2) is 0 Å². The first-order valence-electron chi connectivity index (χ1n) is 6.79. The van der Waals surface area contributed by atoms with Crippen LogP contribution in [-0.2, 0) is 4.79 Å². The van der Waals surface area contributed by atoms with Crippen molar-refractivity contribution in [3.63, 3.8) is 0 Å². The van der Waals surface area contributed by atoms with E-state index in [0.29, 0.717) is 5.75 Å². The summed E-state index contributed by atoms with van der Waals surface area (Å²) in [4.78, 5) is 22.1. The molecule has 1 N–H and O–H groups in total. The first kappa shape index (κ1) is 15.5. The van der Waals surface area contributed by atoms with Gasteiger partial charge in [0.2, 0.25) is 5.91 Å². The summed E-state index contributed by atoms with van der Waals surface area (Å²) in [7, 11) is 0. The molecule has 0 aliphatic heterocycles. The van der Waals surface area contributed by atoms with Gasteiger partial charge in [0.25, 0.3) is 5.69 Å². The first-order chi connectivity index (χ1) is 10.6. The van der Waals surface area contributed by atoms with Crippen LogP contribution < -0.4 is 10.1 Å². The van der Waals surface area contributed by atoms with Crippen LogP contribution in [0, 0.1) is 17.0 Å². The molecule has 6 heteroatoms. The number of rotatable bonds is 6. The molecule has 0 heterocycles. The third-order valence-electron chi connectivity index (χ3n) is 2.99. The maximum Gasteiger partial charge on any atom is 0.292 e. The van der Waals surface area contributed by atoms with E-state index < -0.39 is 4.92 Å². The predicted octanol–water partition coefficient (Wildman–Crippen LogP) is 3.31. The lowest BCUT2D eigenvalue weighted by Gasteiger charge is -2.08. The average molecular weight is 300 g/mol. The van der Waals surface area contributed by atoms with Gasteiger partial charge in [-0.3, -0.25) is 14.9 Å². The SMILES string of the molecule is Cc1ccc(OCCC(=O)Nc2ccccc2[N+](=O)[O-])cc1. The molecule has 2 aromatic carbocycles. The topological polar surface area (TPSA) is 81.5 Å². The third kappa shape index (κ3) is 4.31. The monoisotopic (exact) mass is 300 g/mol. The van der Waals surface area contributed by atoms with Crippen LogP contribution in [0.15, 0.2) is 48.5 Å². The molecule has 0 bridgehead atoms. The van der Waals surface area contributed by atoms with Crippen molar-refractivity contribution in [1.82, 2.24) is 0 Å². The molecule has 0 aromatic heterocycles. The highest BCUT2D eigenvalue weighted by Crippen LogP contribution is 2.23. The van der Waals surface area contributed by atoms with E-state index in [2.05, 4.69) is 5.32 Å². The molecule has 0 saturated heterocycles. The quantitative estimate of drug-likeness (QED) is 0.655. The molecule has 0 radical (unpaired) electrons. The van der Waals surface area contributed by atoms with Gasteiger partial charge in [-0.15, -0.1) is 0 Å². The Kier molecular flexibility index (Phi) is 5.08. The van der Waals surface area contributed by atoms with E-state index in [4.69, 9.17) is 4.74 Å². The molecule has 2 rings (SSSR count). The molecule has 0 saturated carbocycles. The Labute approximate surface area is 127 Å². The van der Waals surface area contributed by atoms with Crippen molar-refractivity contribution >= 4 is 17.3 Å². The smallest absolute Gasteiger partial charge is 0.292 e. The number of ether oxygens (including phenoxy) is 1. The summed E-state index contributed by atoms with van der Waals surface area (Å²) in [5, 5.41) is 13.4. The number of carbonyl (C=O) groups excluding carboxylic acids is 1. The molecule has 22 heavy (non-hydrogen) atoms. The number of hydrogen-bond donors (Lipinski definition) is 1. The fourth-order valence-electron chi connectivity index (χ4n) is 1.85. The second-order valence-corrected chi connectivity index (χ2v) is 4.73. The molecule has 0 aliphatic rings. The van der Waals surface area contributed by atoms with Crippen LogP contribution >= 0.6 is 0 Å². The van der Waals surface area contributed by atoms with Gasteiger partial charge < -0.3 is 10.1 Å². The van der Waals surface area contributed by atoms with Crippen molar-refractivity contribution in [3.8, 4) is 5.75 Å². The predicted molar refractivity (Wildman–Crippen MR) is 83.0 cm³/mol. The van der Waals surface area contributed by atoms with Crippen LogP contribution in [-0.4, -0.2) is 17.4 Å². The van der Waals surface area contributed by atoms with Crippen molar-refractivity contribution in [2.24, 2.45) is 0 Å².